The van der Waals surface area contributed by atoms with Crippen molar-refractivity contribution in [2.75, 3.05) is 0 Å². The van der Waals surface area contributed by atoms with E-state index in [0.717, 1.165) is 15.7 Å². The van der Waals surface area contributed by atoms with Crippen LogP contribution in [0.2, 0.25) is 0 Å². The minimum absolute atomic E-state index is 0.0413. The number of Topliss-reactive ketones (excluding diaryl/α,β-unsaturated/α-hetero) is 1. The van der Waals surface area contributed by atoms with Crippen molar-refractivity contribution in [1.29, 1.82) is 0 Å². The number of ketones is 1. The van der Waals surface area contributed by atoms with Crippen molar-refractivity contribution in [2.24, 2.45) is 0 Å². The summed E-state index contributed by atoms with van der Waals surface area (Å²) in [6.45, 7) is 1.56. The van der Waals surface area contributed by atoms with E-state index in [9.17, 15) is 4.79 Å². The van der Waals surface area contributed by atoms with E-state index in [2.05, 4.69) is 20.9 Å². The summed E-state index contributed by atoms with van der Waals surface area (Å²) in [6.07, 6.45) is 0. The highest BCUT2D eigenvalue weighted by Crippen LogP contribution is 2.27. The molecule has 0 aliphatic carbocycles. The SMILES string of the molecule is CC(=O)c1[nH]c(Br)cc1-c1ccccc1. The van der Waals surface area contributed by atoms with Crippen molar-refractivity contribution in [2.45, 2.75) is 6.92 Å². The van der Waals surface area contributed by atoms with Gasteiger partial charge in [0.05, 0.1) is 10.3 Å². The van der Waals surface area contributed by atoms with Crippen LogP contribution in [-0.2, 0) is 0 Å². The molecule has 0 unspecified atom stereocenters. The van der Waals surface area contributed by atoms with Crippen molar-refractivity contribution >= 4 is 21.7 Å². The number of halogens is 1. The molecule has 0 bridgehead atoms. The summed E-state index contributed by atoms with van der Waals surface area (Å²) in [5.74, 6) is 0.0413. The van der Waals surface area contributed by atoms with Gasteiger partial charge in [-0.25, -0.2) is 0 Å². The first kappa shape index (κ1) is 10.2. The molecule has 0 aliphatic rings. The second-order valence-corrected chi connectivity index (χ2v) is 4.18. The monoisotopic (exact) mass is 263 g/mol. The van der Waals surface area contributed by atoms with Gasteiger partial charge in [0.25, 0.3) is 0 Å². The molecule has 0 aliphatic heterocycles. The fourth-order valence-corrected chi connectivity index (χ4v) is 1.97. The van der Waals surface area contributed by atoms with Crippen LogP contribution in [0.4, 0.5) is 0 Å². The van der Waals surface area contributed by atoms with Gasteiger partial charge in [-0.3, -0.25) is 4.79 Å². The summed E-state index contributed by atoms with van der Waals surface area (Å²) in [6, 6.07) is 11.8. The van der Waals surface area contributed by atoms with Crippen LogP contribution in [0.15, 0.2) is 41.0 Å². The predicted octanol–water partition coefficient (Wildman–Crippen LogP) is 3.65. The Morgan fingerprint density at radius 2 is 1.93 bits per heavy atom. The van der Waals surface area contributed by atoms with Crippen molar-refractivity contribution in [3.63, 3.8) is 0 Å². The Morgan fingerprint density at radius 3 is 2.53 bits per heavy atom. The number of benzene rings is 1. The smallest absolute Gasteiger partial charge is 0.176 e. The van der Waals surface area contributed by atoms with Gasteiger partial charge in [0.1, 0.15) is 0 Å². The number of nitrogens with one attached hydrogen (secondary N) is 1. The molecular formula is C12H10BrNO. The molecule has 0 radical (unpaired) electrons. The Bertz CT molecular complexity index is 488. The first-order valence-electron chi connectivity index (χ1n) is 4.63. The summed E-state index contributed by atoms with van der Waals surface area (Å²) >= 11 is 3.34. The van der Waals surface area contributed by atoms with Crippen LogP contribution in [-0.4, -0.2) is 10.8 Å². The lowest BCUT2D eigenvalue weighted by Gasteiger charge is -1.99. The molecule has 1 heterocycles. The average molecular weight is 264 g/mol. The molecule has 1 N–H and O–H groups in total. The number of carbonyl (C=O) groups is 1. The molecule has 2 aromatic rings. The van der Waals surface area contributed by atoms with E-state index in [1.165, 1.54) is 0 Å². The Labute approximate surface area is 96.5 Å². The highest BCUT2D eigenvalue weighted by Gasteiger charge is 2.11. The highest BCUT2D eigenvalue weighted by atomic mass is 79.9. The number of aromatic nitrogens is 1. The van der Waals surface area contributed by atoms with E-state index in [-0.39, 0.29) is 5.78 Å². The van der Waals surface area contributed by atoms with Crippen molar-refractivity contribution in [1.82, 2.24) is 4.98 Å². The molecule has 0 amide bonds. The zero-order valence-electron chi connectivity index (χ0n) is 8.25. The highest BCUT2D eigenvalue weighted by molar-refractivity contribution is 9.10. The van der Waals surface area contributed by atoms with E-state index in [1.54, 1.807) is 6.92 Å². The van der Waals surface area contributed by atoms with Gasteiger partial charge in [-0.05, 0) is 27.6 Å². The molecule has 0 spiro atoms. The molecule has 3 heteroatoms. The predicted molar refractivity (Wildman–Crippen MR) is 63.9 cm³/mol. The normalized spacial score (nSPS) is 10.3. The first-order valence-corrected chi connectivity index (χ1v) is 5.42. The fourth-order valence-electron chi connectivity index (χ4n) is 1.54. The van der Waals surface area contributed by atoms with Crippen LogP contribution in [0.25, 0.3) is 11.1 Å². The largest absolute Gasteiger partial charge is 0.346 e. The van der Waals surface area contributed by atoms with Crippen LogP contribution >= 0.6 is 15.9 Å². The van der Waals surface area contributed by atoms with E-state index in [4.69, 9.17) is 0 Å². The number of hydrogen-bond acceptors (Lipinski definition) is 1. The maximum Gasteiger partial charge on any atom is 0.176 e. The molecular weight excluding hydrogens is 254 g/mol. The van der Waals surface area contributed by atoms with Gasteiger partial charge in [0.15, 0.2) is 5.78 Å². The van der Waals surface area contributed by atoms with Crippen molar-refractivity contribution in [3.05, 3.63) is 46.7 Å². The van der Waals surface area contributed by atoms with Gasteiger partial charge in [-0.1, -0.05) is 30.3 Å². The Kier molecular flexibility index (Phi) is 2.73. The molecule has 2 nitrogen and oxygen atoms in total. The topological polar surface area (TPSA) is 32.9 Å². The van der Waals surface area contributed by atoms with Gasteiger partial charge in [-0.2, -0.15) is 0 Å². The molecule has 15 heavy (non-hydrogen) atoms. The third-order valence-corrected chi connectivity index (χ3v) is 2.65. The molecule has 1 aromatic carbocycles. The van der Waals surface area contributed by atoms with Crippen molar-refractivity contribution < 1.29 is 4.79 Å². The number of rotatable bonds is 2. The van der Waals surface area contributed by atoms with E-state index >= 15 is 0 Å². The molecule has 0 atom stereocenters. The zero-order chi connectivity index (χ0) is 10.8. The maximum atomic E-state index is 11.4. The minimum atomic E-state index is 0.0413. The molecule has 76 valence electrons. The third kappa shape index (κ3) is 2.02. The zero-order valence-corrected chi connectivity index (χ0v) is 9.84. The minimum Gasteiger partial charge on any atom is -0.346 e. The molecule has 0 saturated heterocycles. The van der Waals surface area contributed by atoms with Crippen LogP contribution in [0.1, 0.15) is 17.4 Å². The van der Waals surface area contributed by atoms with Gasteiger partial charge in [0.2, 0.25) is 0 Å². The molecule has 2 rings (SSSR count). The van der Waals surface area contributed by atoms with Crippen LogP contribution in [0, 0.1) is 0 Å². The summed E-state index contributed by atoms with van der Waals surface area (Å²) in [4.78, 5) is 14.4. The van der Waals surface area contributed by atoms with E-state index in [0.29, 0.717) is 5.69 Å². The fraction of sp³-hybridized carbons (Fsp3) is 0.0833. The second-order valence-electron chi connectivity index (χ2n) is 3.33. The lowest BCUT2D eigenvalue weighted by molar-refractivity contribution is 0.101. The summed E-state index contributed by atoms with van der Waals surface area (Å²) in [7, 11) is 0. The number of aromatic amines is 1. The standard InChI is InChI=1S/C12H10BrNO/c1-8(15)12-10(7-11(13)14-12)9-5-3-2-4-6-9/h2-7,14H,1H3. The molecule has 0 fully saturated rings. The lowest BCUT2D eigenvalue weighted by Crippen LogP contribution is -1.94. The molecule has 0 saturated carbocycles. The Hall–Kier alpha value is -1.35. The summed E-state index contributed by atoms with van der Waals surface area (Å²) in [5, 5.41) is 0. The van der Waals surface area contributed by atoms with E-state index in [1.807, 2.05) is 36.4 Å². The number of H-pyrrole nitrogens is 1. The first-order chi connectivity index (χ1) is 7.18. The quantitative estimate of drug-likeness (QED) is 0.825. The van der Waals surface area contributed by atoms with Crippen LogP contribution in [0.5, 0.6) is 0 Å². The Balaban J connectivity index is 2.58. The van der Waals surface area contributed by atoms with Crippen molar-refractivity contribution in [3.8, 4) is 11.1 Å². The van der Waals surface area contributed by atoms with Crippen LogP contribution in [0.3, 0.4) is 0 Å². The lowest BCUT2D eigenvalue weighted by atomic mass is 10.1. The number of hydrogen-bond donors (Lipinski definition) is 1. The molecule has 1 aromatic heterocycles. The second kappa shape index (κ2) is 4.03. The summed E-state index contributed by atoms with van der Waals surface area (Å²) < 4.78 is 0.826. The summed E-state index contributed by atoms with van der Waals surface area (Å²) in [5.41, 5.74) is 2.63. The van der Waals surface area contributed by atoms with Gasteiger partial charge < -0.3 is 4.98 Å². The van der Waals surface area contributed by atoms with Crippen LogP contribution < -0.4 is 0 Å². The average Bonchev–Trinajstić information content (AvgIpc) is 2.62. The maximum absolute atomic E-state index is 11.4. The van der Waals surface area contributed by atoms with Gasteiger partial charge >= 0.3 is 0 Å². The van der Waals surface area contributed by atoms with Gasteiger partial charge in [-0.15, -0.1) is 0 Å². The number of carbonyl (C=O) groups excluding carboxylic acids is 1. The van der Waals surface area contributed by atoms with E-state index < -0.39 is 0 Å². The third-order valence-electron chi connectivity index (χ3n) is 2.22. The Morgan fingerprint density at radius 1 is 1.27 bits per heavy atom. The van der Waals surface area contributed by atoms with Gasteiger partial charge in [0, 0.05) is 12.5 Å².